The van der Waals surface area contributed by atoms with E-state index in [1.54, 1.807) is 43.9 Å². The van der Waals surface area contributed by atoms with E-state index in [-0.39, 0.29) is 55.1 Å². The number of phenols is 1. The maximum Gasteiger partial charge on any atom is 0.407 e. The Morgan fingerprint density at radius 2 is 1.60 bits per heavy atom. The number of likely N-dealkylation sites (tertiary alicyclic amines) is 1. The first-order valence-electron chi connectivity index (χ1n) is 17.7. The van der Waals surface area contributed by atoms with Crippen LogP contribution in [0.25, 0.3) is 0 Å². The largest absolute Gasteiger partial charge is 0.508 e. The van der Waals surface area contributed by atoms with Gasteiger partial charge in [-0.05, 0) is 62.1 Å². The van der Waals surface area contributed by atoms with Crippen molar-refractivity contribution in [2.24, 2.45) is 0 Å². The highest BCUT2D eigenvalue weighted by atomic mass is 19.1. The van der Waals surface area contributed by atoms with Gasteiger partial charge in [0.05, 0.1) is 17.3 Å². The maximum atomic E-state index is 16.1. The van der Waals surface area contributed by atoms with E-state index in [1.807, 2.05) is 42.5 Å². The first kappa shape index (κ1) is 36.4. The second-order valence-electron chi connectivity index (χ2n) is 13.9. The van der Waals surface area contributed by atoms with Gasteiger partial charge in [0.2, 0.25) is 0 Å². The van der Waals surface area contributed by atoms with Gasteiger partial charge in [-0.2, -0.15) is 0 Å². The second kappa shape index (κ2) is 15.4. The topological polar surface area (TPSA) is 114 Å². The fraction of sp³-hybridized carbons (Fsp3) is 0.341. The third-order valence-corrected chi connectivity index (χ3v) is 9.99. The first-order chi connectivity index (χ1) is 24.9. The van der Waals surface area contributed by atoms with Gasteiger partial charge < -0.3 is 29.6 Å². The molecule has 0 aliphatic carbocycles. The molecule has 0 unspecified atom stereocenters. The minimum atomic E-state index is -1.28. The number of carboxylic acid groups (broad SMARTS) is 1. The molecule has 0 radical (unpaired) electrons. The van der Waals surface area contributed by atoms with Crippen molar-refractivity contribution in [3.05, 3.63) is 125 Å². The lowest BCUT2D eigenvalue weighted by Crippen LogP contribution is -2.55. The van der Waals surface area contributed by atoms with Crippen molar-refractivity contribution in [1.82, 2.24) is 14.7 Å². The molecule has 4 aromatic rings. The molecule has 0 aromatic heterocycles. The molecule has 272 valence electrons. The van der Waals surface area contributed by atoms with Gasteiger partial charge in [0, 0.05) is 57.8 Å². The predicted molar refractivity (Wildman–Crippen MR) is 196 cm³/mol. The van der Waals surface area contributed by atoms with Crippen molar-refractivity contribution < 1.29 is 33.7 Å². The van der Waals surface area contributed by atoms with Crippen molar-refractivity contribution in [2.75, 3.05) is 37.6 Å². The molecule has 4 aromatic carbocycles. The zero-order chi connectivity index (χ0) is 37.0. The lowest BCUT2D eigenvalue weighted by atomic mass is 9.84. The smallest absolute Gasteiger partial charge is 0.407 e. The molecular weight excluding hydrogens is 663 g/mol. The normalized spacial score (nSPS) is 18.1. The van der Waals surface area contributed by atoms with Crippen LogP contribution in [-0.2, 0) is 17.9 Å². The molecule has 2 N–H and O–H groups in total. The SMILES string of the molecule is CCN(C(=O)c1cc2c(cc1F)OC(C)(C)C(=O)N2CCN(Cc1ccccc1)Cc1ccccc1)[C@H]1CN(C(=O)O)CC[C@@H]1c1cccc(O)c1. The van der Waals surface area contributed by atoms with Crippen molar-refractivity contribution in [2.45, 2.75) is 57.8 Å². The van der Waals surface area contributed by atoms with Crippen LogP contribution in [0.1, 0.15) is 60.2 Å². The molecular formula is C41H45FN4O6. The Kier molecular flexibility index (Phi) is 10.8. The molecule has 2 aliphatic rings. The third-order valence-electron chi connectivity index (χ3n) is 9.99. The van der Waals surface area contributed by atoms with Gasteiger partial charge in [-0.25, -0.2) is 9.18 Å². The quantitative estimate of drug-likeness (QED) is 0.178. The number of amides is 3. The number of hydrogen-bond acceptors (Lipinski definition) is 6. The summed E-state index contributed by atoms with van der Waals surface area (Å²) in [5.74, 6) is -1.84. The van der Waals surface area contributed by atoms with E-state index >= 15 is 4.39 Å². The summed E-state index contributed by atoms with van der Waals surface area (Å²) in [4.78, 5) is 47.0. The number of anilines is 1. The Bertz CT molecular complexity index is 1860. The molecule has 0 saturated carbocycles. The summed E-state index contributed by atoms with van der Waals surface area (Å²) in [5, 5.41) is 20.1. The Balaban J connectivity index is 1.32. The molecule has 3 amide bonds. The number of ether oxygens (including phenoxy) is 1. The van der Waals surface area contributed by atoms with E-state index < -0.39 is 29.5 Å². The number of hydrogen-bond donors (Lipinski definition) is 2. The van der Waals surface area contributed by atoms with E-state index in [4.69, 9.17) is 4.74 Å². The van der Waals surface area contributed by atoms with E-state index in [0.29, 0.717) is 31.7 Å². The molecule has 1 saturated heterocycles. The Morgan fingerprint density at radius 3 is 2.19 bits per heavy atom. The van der Waals surface area contributed by atoms with Crippen molar-refractivity contribution in [3.8, 4) is 11.5 Å². The highest BCUT2D eigenvalue weighted by Gasteiger charge is 2.43. The van der Waals surface area contributed by atoms with Gasteiger partial charge in [-0.15, -0.1) is 0 Å². The van der Waals surface area contributed by atoms with Crippen molar-refractivity contribution >= 4 is 23.6 Å². The summed E-state index contributed by atoms with van der Waals surface area (Å²) in [6.45, 7) is 7.50. The molecule has 11 heteroatoms. The van der Waals surface area contributed by atoms with Gasteiger partial charge in [0.1, 0.15) is 17.3 Å². The van der Waals surface area contributed by atoms with Crippen LogP contribution in [0.4, 0.5) is 14.9 Å². The number of likely N-dealkylation sites (N-methyl/N-ethyl adjacent to an activating group) is 1. The van der Waals surface area contributed by atoms with Crippen LogP contribution < -0.4 is 9.64 Å². The predicted octanol–water partition coefficient (Wildman–Crippen LogP) is 6.74. The van der Waals surface area contributed by atoms with Gasteiger partial charge >= 0.3 is 6.09 Å². The van der Waals surface area contributed by atoms with Crippen LogP contribution in [0, 0.1) is 5.82 Å². The molecule has 0 spiro atoms. The van der Waals surface area contributed by atoms with Gasteiger partial charge in [-0.1, -0.05) is 72.8 Å². The monoisotopic (exact) mass is 708 g/mol. The number of benzene rings is 4. The third kappa shape index (κ3) is 7.89. The summed E-state index contributed by atoms with van der Waals surface area (Å²) in [5.41, 5.74) is 1.78. The first-order valence-corrected chi connectivity index (χ1v) is 17.7. The standard InChI is InChI=1S/C41H45FN4O6/c1-4-45(36-27-44(40(50)51)19-18-32(36)30-16-11-17-31(47)22-30)38(48)33-23-35-37(24-34(33)42)52-41(2,3)39(49)46(35)21-20-43(25-28-12-7-5-8-13-28)26-29-14-9-6-10-15-29/h5-17,22-24,32,36,47H,4,18-21,25-27H2,1-3H3,(H,50,51)/t32-,36+/m1/s1. The minimum absolute atomic E-state index is 0.0162. The average Bonchev–Trinajstić information content (AvgIpc) is 3.12. The Morgan fingerprint density at radius 1 is 0.942 bits per heavy atom. The summed E-state index contributed by atoms with van der Waals surface area (Å²) in [6.07, 6.45) is -0.699. The lowest BCUT2D eigenvalue weighted by Gasteiger charge is -2.43. The highest BCUT2D eigenvalue weighted by molar-refractivity contribution is 6.04. The molecule has 52 heavy (non-hydrogen) atoms. The van der Waals surface area contributed by atoms with Crippen LogP contribution in [0.3, 0.4) is 0 Å². The number of nitrogens with zero attached hydrogens (tertiary/aromatic N) is 4. The van der Waals surface area contributed by atoms with Crippen molar-refractivity contribution in [1.29, 1.82) is 0 Å². The number of aromatic hydroxyl groups is 1. The maximum absolute atomic E-state index is 16.1. The number of piperidine rings is 1. The molecule has 0 bridgehead atoms. The number of carbonyl (C=O) groups is 3. The zero-order valence-corrected chi connectivity index (χ0v) is 29.7. The Labute approximate surface area is 303 Å². The van der Waals surface area contributed by atoms with Crippen LogP contribution in [0.15, 0.2) is 97.1 Å². The number of phenolic OH excluding ortho intramolecular Hbond substituents is 1. The average molecular weight is 709 g/mol. The lowest BCUT2D eigenvalue weighted by molar-refractivity contribution is -0.132. The van der Waals surface area contributed by atoms with E-state index in [0.717, 1.165) is 16.7 Å². The minimum Gasteiger partial charge on any atom is -0.508 e. The van der Waals surface area contributed by atoms with E-state index in [9.17, 15) is 24.6 Å². The molecule has 1 fully saturated rings. The van der Waals surface area contributed by atoms with Crippen molar-refractivity contribution in [3.63, 3.8) is 0 Å². The second-order valence-corrected chi connectivity index (χ2v) is 13.9. The molecule has 2 atom stereocenters. The van der Waals surface area contributed by atoms with Gasteiger partial charge in [-0.3, -0.25) is 14.5 Å². The highest BCUT2D eigenvalue weighted by Crippen LogP contribution is 2.41. The van der Waals surface area contributed by atoms with Crippen LogP contribution in [0.5, 0.6) is 11.5 Å². The zero-order valence-electron chi connectivity index (χ0n) is 29.7. The van der Waals surface area contributed by atoms with Gasteiger partial charge in [0.25, 0.3) is 11.8 Å². The fourth-order valence-electron chi connectivity index (χ4n) is 7.36. The van der Waals surface area contributed by atoms with Crippen LogP contribution in [0.2, 0.25) is 0 Å². The number of halogens is 1. The number of fused-ring (bicyclic) bond motifs is 1. The summed E-state index contributed by atoms with van der Waals surface area (Å²) < 4.78 is 22.1. The summed E-state index contributed by atoms with van der Waals surface area (Å²) >= 11 is 0. The Hall–Kier alpha value is -5.42. The number of rotatable bonds is 11. The fourth-order valence-corrected chi connectivity index (χ4v) is 7.36. The molecule has 10 nitrogen and oxygen atoms in total. The van der Waals surface area contributed by atoms with E-state index in [2.05, 4.69) is 29.2 Å². The molecule has 2 aliphatic heterocycles. The van der Waals surface area contributed by atoms with Crippen LogP contribution >= 0.6 is 0 Å². The van der Waals surface area contributed by atoms with E-state index in [1.165, 1.54) is 21.9 Å². The van der Waals surface area contributed by atoms with Gasteiger partial charge in [0.15, 0.2) is 5.60 Å². The van der Waals surface area contributed by atoms with Crippen LogP contribution in [-0.4, -0.2) is 87.2 Å². The summed E-state index contributed by atoms with van der Waals surface area (Å²) in [6, 6.07) is 28.8. The summed E-state index contributed by atoms with van der Waals surface area (Å²) in [7, 11) is 0. The molecule has 6 rings (SSSR count). The number of carbonyl (C=O) groups excluding carboxylic acids is 2. The molecule has 2 heterocycles.